The van der Waals surface area contributed by atoms with Gasteiger partial charge < -0.3 is 10.2 Å². The number of fused-ring (bicyclic) bond motifs is 1. The van der Waals surface area contributed by atoms with Crippen molar-refractivity contribution in [2.24, 2.45) is 0 Å². The number of hydrogen-bond acceptors (Lipinski definition) is 5. The molecule has 0 radical (unpaired) electrons. The summed E-state index contributed by atoms with van der Waals surface area (Å²) in [6.07, 6.45) is 1.02. The van der Waals surface area contributed by atoms with Gasteiger partial charge in [0.25, 0.3) is 5.91 Å². The van der Waals surface area contributed by atoms with E-state index in [1.165, 1.54) is 42.4 Å². The van der Waals surface area contributed by atoms with Crippen LogP contribution < -0.4 is 14.9 Å². The molecule has 0 aromatic heterocycles. The first-order valence-corrected chi connectivity index (χ1v) is 12.6. The Bertz CT molecular complexity index is 1320. The quantitative estimate of drug-likeness (QED) is 0.478. The fourth-order valence-corrected chi connectivity index (χ4v) is 4.98. The number of ketones is 1. The summed E-state index contributed by atoms with van der Waals surface area (Å²) in [4.78, 5) is 26.4. The van der Waals surface area contributed by atoms with Gasteiger partial charge in [0.05, 0.1) is 4.90 Å². The summed E-state index contributed by atoms with van der Waals surface area (Å²) in [6, 6.07) is 18.6. The number of rotatable bonds is 8. The second kappa shape index (κ2) is 9.79. The monoisotopic (exact) mass is 477 g/mol. The Morgan fingerprint density at radius 1 is 0.941 bits per heavy atom. The first-order valence-electron chi connectivity index (χ1n) is 11.2. The molecule has 0 spiro atoms. The third-order valence-corrected chi connectivity index (χ3v) is 7.39. The van der Waals surface area contributed by atoms with Crippen LogP contribution in [-0.4, -0.2) is 33.2 Å². The molecule has 8 heteroatoms. The minimum Gasteiger partial charge on any atom is -0.371 e. The van der Waals surface area contributed by atoms with Crippen molar-refractivity contribution >= 4 is 33.1 Å². The summed E-state index contributed by atoms with van der Waals surface area (Å²) >= 11 is 0. The van der Waals surface area contributed by atoms with E-state index in [4.69, 9.17) is 0 Å². The van der Waals surface area contributed by atoms with E-state index in [2.05, 4.69) is 27.9 Å². The molecule has 34 heavy (non-hydrogen) atoms. The van der Waals surface area contributed by atoms with E-state index in [0.717, 1.165) is 30.8 Å². The maximum absolute atomic E-state index is 12.7. The van der Waals surface area contributed by atoms with Crippen molar-refractivity contribution in [1.29, 1.82) is 0 Å². The second-order valence-corrected chi connectivity index (χ2v) is 10.00. The van der Waals surface area contributed by atoms with Crippen LogP contribution in [0.4, 0.5) is 11.4 Å². The Hall–Kier alpha value is -3.49. The number of hydrogen-bond donors (Lipinski definition) is 2. The lowest BCUT2D eigenvalue weighted by molar-refractivity contribution is 0.101. The highest BCUT2D eigenvalue weighted by Crippen LogP contribution is 2.30. The van der Waals surface area contributed by atoms with Crippen molar-refractivity contribution in [2.75, 3.05) is 23.3 Å². The predicted molar refractivity (Wildman–Crippen MR) is 133 cm³/mol. The molecule has 0 fully saturated rings. The van der Waals surface area contributed by atoms with Gasteiger partial charge in [-0.1, -0.05) is 30.3 Å². The number of carbonyl (C=O) groups excluding carboxylic acids is 2. The largest absolute Gasteiger partial charge is 0.371 e. The molecule has 1 aliphatic heterocycles. The lowest BCUT2D eigenvalue weighted by Gasteiger charge is -2.17. The number of benzene rings is 3. The molecule has 0 aliphatic carbocycles. The van der Waals surface area contributed by atoms with Crippen molar-refractivity contribution in [1.82, 2.24) is 4.72 Å². The molecule has 1 aliphatic rings. The van der Waals surface area contributed by atoms with Crippen molar-refractivity contribution < 1.29 is 18.0 Å². The number of anilines is 2. The Kier molecular flexibility index (Phi) is 6.81. The molecule has 1 heterocycles. The Labute approximate surface area is 199 Å². The molecule has 0 bridgehead atoms. The minimum absolute atomic E-state index is 0.0797. The van der Waals surface area contributed by atoms with Gasteiger partial charge in [-0.2, -0.15) is 0 Å². The van der Waals surface area contributed by atoms with Crippen molar-refractivity contribution in [3.63, 3.8) is 0 Å². The zero-order valence-corrected chi connectivity index (χ0v) is 20.0. The molecule has 3 aromatic carbocycles. The van der Waals surface area contributed by atoms with Gasteiger partial charge >= 0.3 is 0 Å². The van der Waals surface area contributed by atoms with Crippen LogP contribution in [0.3, 0.4) is 0 Å². The molecule has 0 saturated carbocycles. The maximum atomic E-state index is 12.7. The van der Waals surface area contributed by atoms with Crippen LogP contribution >= 0.6 is 0 Å². The molecule has 4 rings (SSSR count). The molecule has 7 nitrogen and oxygen atoms in total. The fraction of sp³-hybridized carbons (Fsp3) is 0.231. The number of carbonyl (C=O) groups is 2. The number of Topliss-reactive ketones (excluding diaryl/α,β-unsaturated/α-hetero) is 1. The third kappa shape index (κ3) is 5.18. The Balaban J connectivity index is 1.37. The van der Waals surface area contributed by atoms with E-state index >= 15 is 0 Å². The van der Waals surface area contributed by atoms with Gasteiger partial charge in [-0.25, -0.2) is 13.1 Å². The second-order valence-electron chi connectivity index (χ2n) is 8.23. The summed E-state index contributed by atoms with van der Waals surface area (Å²) in [5, 5.41) is 2.94. The van der Waals surface area contributed by atoms with Crippen LogP contribution in [0.5, 0.6) is 0 Å². The minimum atomic E-state index is -3.72. The highest BCUT2D eigenvalue weighted by atomic mass is 32.2. The van der Waals surface area contributed by atoms with Gasteiger partial charge in [0.2, 0.25) is 10.0 Å². The third-order valence-electron chi connectivity index (χ3n) is 5.97. The van der Waals surface area contributed by atoms with E-state index in [-0.39, 0.29) is 23.1 Å². The number of nitrogens with zero attached hydrogens (tertiary/aromatic N) is 1. The topological polar surface area (TPSA) is 95.6 Å². The van der Waals surface area contributed by atoms with E-state index in [1.807, 2.05) is 12.1 Å². The summed E-state index contributed by atoms with van der Waals surface area (Å²) in [7, 11) is -3.72. The molecule has 1 amide bonds. The van der Waals surface area contributed by atoms with E-state index in [9.17, 15) is 18.0 Å². The van der Waals surface area contributed by atoms with Gasteiger partial charge in [0.1, 0.15) is 0 Å². The molecule has 0 unspecified atom stereocenters. The molecule has 3 aromatic rings. The van der Waals surface area contributed by atoms with Gasteiger partial charge in [-0.15, -0.1) is 0 Å². The van der Waals surface area contributed by atoms with E-state index in [0.29, 0.717) is 11.1 Å². The van der Waals surface area contributed by atoms with Crippen LogP contribution in [0, 0.1) is 0 Å². The Morgan fingerprint density at radius 2 is 1.62 bits per heavy atom. The zero-order valence-electron chi connectivity index (χ0n) is 19.2. The summed E-state index contributed by atoms with van der Waals surface area (Å²) in [5.41, 5.74) is 4.86. The van der Waals surface area contributed by atoms with Gasteiger partial charge in [0.15, 0.2) is 5.78 Å². The Morgan fingerprint density at radius 3 is 2.26 bits per heavy atom. The van der Waals surface area contributed by atoms with Crippen molar-refractivity contribution in [3.05, 3.63) is 89.0 Å². The lowest BCUT2D eigenvalue weighted by Crippen LogP contribution is -2.23. The predicted octanol–water partition coefficient (Wildman–Crippen LogP) is 4.00. The molecule has 0 atom stereocenters. The highest BCUT2D eigenvalue weighted by Gasteiger charge is 2.18. The molecular formula is C26H27N3O4S. The van der Waals surface area contributed by atoms with Crippen LogP contribution in [0.15, 0.2) is 71.6 Å². The van der Waals surface area contributed by atoms with Gasteiger partial charge in [-0.05, 0) is 67.8 Å². The zero-order chi connectivity index (χ0) is 24.3. The van der Waals surface area contributed by atoms with Crippen LogP contribution in [0.25, 0.3) is 0 Å². The number of sulfonamides is 1. The SMILES string of the molecule is CCN1CCc2ccc(NC(=O)c3ccc(CNS(=O)(=O)c4ccc(C(C)=O)cc4)cc3)cc21. The van der Waals surface area contributed by atoms with E-state index in [1.54, 1.807) is 24.3 Å². The van der Waals surface area contributed by atoms with Crippen LogP contribution in [0.1, 0.15) is 45.7 Å². The molecule has 2 N–H and O–H groups in total. The van der Waals surface area contributed by atoms with Gasteiger partial charge in [0, 0.05) is 42.1 Å². The number of likely N-dealkylation sites (N-methyl/N-ethyl adjacent to an activating group) is 1. The molecular weight excluding hydrogens is 450 g/mol. The summed E-state index contributed by atoms with van der Waals surface area (Å²) in [5.74, 6) is -0.348. The molecule has 176 valence electrons. The summed E-state index contributed by atoms with van der Waals surface area (Å²) in [6.45, 7) is 5.55. The average Bonchev–Trinajstić information content (AvgIpc) is 3.25. The summed E-state index contributed by atoms with van der Waals surface area (Å²) < 4.78 is 27.6. The van der Waals surface area contributed by atoms with Crippen LogP contribution in [0.2, 0.25) is 0 Å². The lowest BCUT2D eigenvalue weighted by atomic mass is 10.1. The maximum Gasteiger partial charge on any atom is 0.255 e. The first-order chi connectivity index (χ1) is 16.3. The van der Waals surface area contributed by atoms with Crippen LogP contribution in [-0.2, 0) is 23.0 Å². The average molecular weight is 478 g/mol. The molecule has 0 saturated heterocycles. The first kappa shape index (κ1) is 23.7. The van der Waals surface area contributed by atoms with E-state index < -0.39 is 10.0 Å². The fourth-order valence-electron chi connectivity index (χ4n) is 3.96. The van der Waals surface area contributed by atoms with Gasteiger partial charge in [-0.3, -0.25) is 9.59 Å². The normalized spacial score (nSPS) is 12.9. The number of amides is 1. The van der Waals surface area contributed by atoms with Crippen molar-refractivity contribution in [2.45, 2.75) is 31.7 Å². The number of nitrogens with one attached hydrogen (secondary N) is 2. The van der Waals surface area contributed by atoms with Crippen molar-refractivity contribution in [3.8, 4) is 0 Å². The standard InChI is InChI=1S/C26H27N3O4S/c1-3-29-15-14-21-8-11-23(16-25(21)29)28-26(31)22-6-4-19(5-7-22)17-27-34(32,33)24-12-9-20(10-13-24)18(2)30/h4-13,16,27H,3,14-15,17H2,1-2H3,(H,28,31). The smallest absolute Gasteiger partial charge is 0.255 e. The highest BCUT2D eigenvalue weighted by molar-refractivity contribution is 7.89.